The van der Waals surface area contributed by atoms with Gasteiger partial charge in [-0.3, -0.25) is 4.98 Å². The molecule has 1 N–H and O–H groups in total. The summed E-state index contributed by atoms with van der Waals surface area (Å²) < 4.78 is 1.03. The lowest BCUT2D eigenvalue weighted by Crippen LogP contribution is -2.30. The van der Waals surface area contributed by atoms with E-state index in [2.05, 4.69) is 39.2 Å². The van der Waals surface area contributed by atoms with Crippen molar-refractivity contribution in [2.24, 2.45) is 0 Å². The normalized spacial score (nSPS) is 19.6. The molecule has 0 amide bonds. The summed E-state index contributed by atoms with van der Waals surface area (Å²) in [4.78, 5) is 4.15. The first-order valence-electron chi connectivity index (χ1n) is 5.07. The van der Waals surface area contributed by atoms with Crippen LogP contribution in [0.3, 0.4) is 0 Å². The molecule has 2 rings (SSSR count). The van der Waals surface area contributed by atoms with Crippen LogP contribution in [-0.2, 0) is 0 Å². The standard InChI is InChI=1S/C11H15BrN2/c1-11(4-2-3-5-11)14-10-6-9(12)7-13-8-10/h6-8,14H,2-5H2,1H3. The van der Waals surface area contributed by atoms with E-state index < -0.39 is 0 Å². The highest BCUT2D eigenvalue weighted by Gasteiger charge is 2.28. The fourth-order valence-corrected chi connectivity index (χ4v) is 2.47. The molecule has 0 radical (unpaired) electrons. The first-order chi connectivity index (χ1) is 6.68. The summed E-state index contributed by atoms with van der Waals surface area (Å²) in [6, 6.07) is 2.08. The first-order valence-corrected chi connectivity index (χ1v) is 5.86. The molecule has 0 bridgehead atoms. The maximum Gasteiger partial charge on any atom is 0.0542 e. The summed E-state index contributed by atoms with van der Waals surface area (Å²) in [5, 5.41) is 3.57. The molecule has 14 heavy (non-hydrogen) atoms. The molecule has 1 aromatic rings. The summed E-state index contributed by atoms with van der Waals surface area (Å²) in [7, 11) is 0. The summed E-state index contributed by atoms with van der Waals surface area (Å²) in [6.45, 7) is 2.29. The van der Waals surface area contributed by atoms with Gasteiger partial charge >= 0.3 is 0 Å². The molecule has 1 aliphatic rings. The summed E-state index contributed by atoms with van der Waals surface area (Å²) in [5.74, 6) is 0. The molecule has 1 aromatic heterocycles. The lowest BCUT2D eigenvalue weighted by molar-refractivity contribution is 0.533. The highest BCUT2D eigenvalue weighted by Crippen LogP contribution is 2.32. The van der Waals surface area contributed by atoms with Gasteiger partial charge in [0.05, 0.1) is 11.9 Å². The molecule has 76 valence electrons. The molecule has 0 atom stereocenters. The van der Waals surface area contributed by atoms with Gasteiger partial charge in [-0.05, 0) is 41.8 Å². The second-order valence-electron chi connectivity index (χ2n) is 4.28. The predicted octanol–water partition coefficient (Wildman–Crippen LogP) is 3.59. The van der Waals surface area contributed by atoms with Crippen LogP contribution in [0.15, 0.2) is 22.9 Å². The Morgan fingerprint density at radius 2 is 2.07 bits per heavy atom. The van der Waals surface area contributed by atoms with Gasteiger partial charge in [-0.2, -0.15) is 0 Å². The van der Waals surface area contributed by atoms with Crippen LogP contribution in [0.5, 0.6) is 0 Å². The lowest BCUT2D eigenvalue weighted by Gasteiger charge is -2.26. The van der Waals surface area contributed by atoms with Gasteiger partial charge in [-0.15, -0.1) is 0 Å². The zero-order chi connectivity index (χ0) is 10.0. The molecule has 0 aromatic carbocycles. The van der Waals surface area contributed by atoms with Crippen molar-refractivity contribution >= 4 is 21.6 Å². The largest absolute Gasteiger partial charge is 0.379 e. The van der Waals surface area contributed by atoms with E-state index >= 15 is 0 Å². The lowest BCUT2D eigenvalue weighted by atomic mass is 10.0. The Hall–Kier alpha value is -0.570. The molecule has 0 saturated heterocycles. The van der Waals surface area contributed by atoms with E-state index in [1.165, 1.54) is 25.7 Å². The van der Waals surface area contributed by atoms with Gasteiger partial charge in [0.2, 0.25) is 0 Å². The predicted molar refractivity (Wildman–Crippen MR) is 62.4 cm³/mol. The monoisotopic (exact) mass is 254 g/mol. The topological polar surface area (TPSA) is 24.9 Å². The minimum absolute atomic E-state index is 0.280. The maximum atomic E-state index is 4.15. The van der Waals surface area contributed by atoms with E-state index in [4.69, 9.17) is 0 Å². The third-order valence-electron chi connectivity index (χ3n) is 2.86. The molecule has 1 saturated carbocycles. The summed E-state index contributed by atoms with van der Waals surface area (Å²) in [5.41, 5.74) is 1.39. The van der Waals surface area contributed by atoms with Crippen LogP contribution in [0, 0.1) is 0 Å². The van der Waals surface area contributed by atoms with Gasteiger partial charge in [-0.25, -0.2) is 0 Å². The van der Waals surface area contributed by atoms with E-state index in [0.717, 1.165) is 10.2 Å². The Balaban J connectivity index is 2.10. The third kappa shape index (κ3) is 2.27. The minimum Gasteiger partial charge on any atom is -0.379 e. The molecule has 2 nitrogen and oxygen atoms in total. The van der Waals surface area contributed by atoms with Crippen LogP contribution in [-0.4, -0.2) is 10.5 Å². The van der Waals surface area contributed by atoms with Crippen molar-refractivity contribution in [2.75, 3.05) is 5.32 Å². The van der Waals surface area contributed by atoms with Gasteiger partial charge in [-0.1, -0.05) is 12.8 Å². The van der Waals surface area contributed by atoms with E-state index in [1.54, 1.807) is 0 Å². The Labute approximate surface area is 93.3 Å². The fourth-order valence-electron chi connectivity index (χ4n) is 2.11. The van der Waals surface area contributed by atoms with Crippen LogP contribution in [0.2, 0.25) is 0 Å². The fraction of sp³-hybridized carbons (Fsp3) is 0.545. The van der Waals surface area contributed by atoms with Crippen LogP contribution in [0.25, 0.3) is 0 Å². The summed E-state index contributed by atoms with van der Waals surface area (Å²) >= 11 is 3.43. The van der Waals surface area contributed by atoms with Crippen molar-refractivity contribution in [1.82, 2.24) is 4.98 Å². The Bertz CT molecular complexity index is 319. The van der Waals surface area contributed by atoms with Gasteiger partial charge in [0.15, 0.2) is 0 Å². The van der Waals surface area contributed by atoms with E-state index in [1.807, 2.05) is 12.4 Å². The molecule has 0 aliphatic heterocycles. The van der Waals surface area contributed by atoms with Crippen LogP contribution >= 0.6 is 15.9 Å². The smallest absolute Gasteiger partial charge is 0.0542 e. The minimum atomic E-state index is 0.280. The Morgan fingerprint density at radius 1 is 1.36 bits per heavy atom. The molecular formula is C11H15BrN2. The number of hydrogen-bond donors (Lipinski definition) is 1. The Morgan fingerprint density at radius 3 is 2.71 bits per heavy atom. The molecule has 1 fully saturated rings. The molecule has 1 heterocycles. The molecule has 0 spiro atoms. The van der Waals surface area contributed by atoms with Crippen molar-refractivity contribution < 1.29 is 0 Å². The Kier molecular flexibility index (Phi) is 2.77. The van der Waals surface area contributed by atoms with Crippen molar-refractivity contribution in [2.45, 2.75) is 38.1 Å². The van der Waals surface area contributed by atoms with E-state index in [0.29, 0.717) is 0 Å². The highest BCUT2D eigenvalue weighted by atomic mass is 79.9. The van der Waals surface area contributed by atoms with Crippen molar-refractivity contribution in [3.8, 4) is 0 Å². The van der Waals surface area contributed by atoms with Crippen LogP contribution in [0.1, 0.15) is 32.6 Å². The van der Waals surface area contributed by atoms with Crippen molar-refractivity contribution in [1.29, 1.82) is 0 Å². The quantitative estimate of drug-likeness (QED) is 0.873. The third-order valence-corrected chi connectivity index (χ3v) is 3.29. The number of halogens is 1. The summed E-state index contributed by atoms with van der Waals surface area (Å²) in [6.07, 6.45) is 8.89. The van der Waals surface area contributed by atoms with Gasteiger partial charge in [0.1, 0.15) is 0 Å². The van der Waals surface area contributed by atoms with Gasteiger partial charge in [0, 0.05) is 16.2 Å². The molecule has 1 aliphatic carbocycles. The number of nitrogens with zero attached hydrogens (tertiary/aromatic N) is 1. The van der Waals surface area contributed by atoms with Gasteiger partial charge < -0.3 is 5.32 Å². The average Bonchev–Trinajstić information content (AvgIpc) is 2.51. The molecular weight excluding hydrogens is 240 g/mol. The SMILES string of the molecule is CC1(Nc2cncc(Br)c2)CCCC1. The van der Waals surface area contributed by atoms with Crippen molar-refractivity contribution in [3.63, 3.8) is 0 Å². The average molecular weight is 255 g/mol. The van der Waals surface area contributed by atoms with Gasteiger partial charge in [0.25, 0.3) is 0 Å². The van der Waals surface area contributed by atoms with E-state index in [9.17, 15) is 0 Å². The van der Waals surface area contributed by atoms with E-state index in [-0.39, 0.29) is 5.54 Å². The van der Waals surface area contributed by atoms with Crippen LogP contribution < -0.4 is 5.32 Å². The number of hydrogen-bond acceptors (Lipinski definition) is 2. The second-order valence-corrected chi connectivity index (χ2v) is 5.20. The maximum absolute atomic E-state index is 4.15. The van der Waals surface area contributed by atoms with Crippen LogP contribution in [0.4, 0.5) is 5.69 Å². The first kappa shape index (κ1) is 9.97. The molecule has 0 unspecified atom stereocenters. The number of rotatable bonds is 2. The highest BCUT2D eigenvalue weighted by molar-refractivity contribution is 9.10. The number of pyridine rings is 1. The number of anilines is 1. The second kappa shape index (κ2) is 3.89. The zero-order valence-electron chi connectivity index (χ0n) is 8.39. The van der Waals surface area contributed by atoms with Crippen molar-refractivity contribution in [3.05, 3.63) is 22.9 Å². The molecule has 3 heteroatoms. The number of nitrogens with one attached hydrogen (secondary N) is 1. The number of aromatic nitrogens is 1. The zero-order valence-corrected chi connectivity index (χ0v) is 9.97.